The van der Waals surface area contributed by atoms with E-state index in [2.05, 4.69) is 31.0 Å². The lowest BCUT2D eigenvalue weighted by molar-refractivity contribution is -0.117. The molecule has 1 atom stereocenters. The second kappa shape index (κ2) is 9.54. The summed E-state index contributed by atoms with van der Waals surface area (Å²) in [5.74, 6) is 0.584. The van der Waals surface area contributed by atoms with Crippen LogP contribution in [-0.4, -0.2) is 36.9 Å². The molecule has 1 saturated carbocycles. The van der Waals surface area contributed by atoms with E-state index in [1.807, 2.05) is 68.4 Å². The minimum atomic E-state index is 0.0297. The van der Waals surface area contributed by atoms with Gasteiger partial charge in [-0.1, -0.05) is 31.5 Å². The van der Waals surface area contributed by atoms with Crippen LogP contribution in [0.4, 0.5) is 11.4 Å². The molecule has 0 aliphatic heterocycles. The van der Waals surface area contributed by atoms with Crippen molar-refractivity contribution >= 4 is 23.2 Å². The molecule has 0 aromatic heterocycles. The molecule has 2 aromatic rings. The first-order valence-electron chi connectivity index (χ1n) is 11.2. The van der Waals surface area contributed by atoms with Crippen molar-refractivity contribution in [2.45, 2.75) is 53.1 Å². The van der Waals surface area contributed by atoms with Crippen LogP contribution in [0.1, 0.15) is 55.1 Å². The van der Waals surface area contributed by atoms with E-state index in [1.165, 1.54) is 0 Å². The number of carbonyl (C=O) groups is 2. The molecular formula is C26H35N3O2. The molecule has 5 heteroatoms. The number of rotatable bonds is 8. The van der Waals surface area contributed by atoms with Gasteiger partial charge >= 0.3 is 0 Å². The maximum Gasteiger partial charge on any atom is 0.254 e. The highest BCUT2D eigenvalue weighted by Gasteiger charge is 2.30. The molecule has 1 aliphatic rings. The molecular weight excluding hydrogens is 386 g/mol. The van der Waals surface area contributed by atoms with Crippen LogP contribution in [0.15, 0.2) is 42.5 Å². The van der Waals surface area contributed by atoms with Crippen molar-refractivity contribution in [3.8, 4) is 0 Å². The van der Waals surface area contributed by atoms with E-state index in [9.17, 15) is 9.59 Å². The van der Waals surface area contributed by atoms with Crippen molar-refractivity contribution < 1.29 is 9.59 Å². The minimum Gasteiger partial charge on any atom is -0.377 e. The third-order valence-electron chi connectivity index (χ3n) is 6.10. The number of nitrogens with one attached hydrogen (secondary N) is 1. The van der Waals surface area contributed by atoms with E-state index in [1.54, 1.807) is 0 Å². The highest BCUT2D eigenvalue weighted by molar-refractivity contribution is 5.95. The maximum atomic E-state index is 13.5. The molecule has 3 rings (SSSR count). The van der Waals surface area contributed by atoms with Crippen LogP contribution in [0.5, 0.6) is 0 Å². The fourth-order valence-corrected chi connectivity index (χ4v) is 3.70. The number of hydrogen-bond donors (Lipinski definition) is 1. The van der Waals surface area contributed by atoms with E-state index >= 15 is 0 Å². The van der Waals surface area contributed by atoms with Crippen molar-refractivity contribution in [3.63, 3.8) is 0 Å². The molecule has 2 amide bonds. The van der Waals surface area contributed by atoms with Crippen LogP contribution in [0.3, 0.4) is 0 Å². The van der Waals surface area contributed by atoms with Crippen LogP contribution in [0, 0.1) is 18.8 Å². The number of anilines is 2. The summed E-state index contributed by atoms with van der Waals surface area (Å²) >= 11 is 0. The number of carbonyl (C=O) groups excluding carboxylic acids is 2. The molecule has 0 unspecified atom stereocenters. The molecule has 0 radical (unpaired) electrons. The Morgan fingerprint density at radius 2 is 1.77 bits per heavy atom. The summed E-state index contributed by atoms with van der Waals surface area (Å²) in [5.41, 5.74) is 4.63. The lowest BCUT2D eigenvalue weighted by atomic mass is 10.0. The smallest absolute Gasteiger partial charge is 0.254 e. The van der Waals surface area contributed by atoms with Gasteiger partial charge < -0.3 is 15.1 Å². The summed E-state index contributed by atoms with van der Waals surface area (Å²) in [5, 5.41) is 3.04. The van der Waals surface area contributed by atoms with Gasteiger partial charge in [0.05, 0.1) is 0 Å². The lowest BCUT2D eigenvalue weighted by Gasteiger charge is -2.33. The van der Waals surface area contributed by atoms with Crippen molar-refractivity contribution in [3.05, 3.63) is 59.2 Å². The Morgan fingerprint density at radius 3 is 2.35 bits per heavy atom. The molecule has 0 spiro atoms. The first-order valence-corrected chi connectivity index (χ1v) is 11.2. The van der Waals surface area contributed by atoms with Gasteiger partial charge in [-0.15, -0.1) is 0 Å². The maximum absolute atomic E-state index is 13.5. The van der Waals surface area contributed by atoms with Crippen molar-refractivity contribution in [2.75, 3.05) is 24.3 Å². The molecule has 1 aliphatic carbocycles. The molecule has 1 N–H and O–H groups in total. The minimum absolute atomic E-state index is 0.0297. The van der Waals surface area contributed by atoms with Gasteiger partial charge in [0, 0.05) is 49.5 Å². The Morgan fingerprint density at radius 1 is 1.06 bits per heavy atom. The zero-order valence-corrected chi connectivity index (χ0v) is 19.6. The molecule has 1 fully saturated rings. The average molecular weight is 422 g/mol. The first kappa shape index (κ1) is 22.9. The number of hydrogen-bond acceptors (Lipinski definition) is 3. The SMILES string of the molecule is Cc1cccc(C(=O)N(Cc2cc(NC(=O)C3CC3)ccc2N(C)C)[C@@H](C)C(C)C)c1. The molecule has 2 aromatic carbocycles. The van der Waals surface area contributed by atoms with Crippen molar-refractivity contribution in [1.29, 1.82) is 0 Å². The summed E-state index contributed by atoms with van der Waals surface area (Å²) in [6, 6.07) is 13.8. The van der Waals surface area contributed by atoms with Gasteiger partial charge in [-0.3, -0.25) is 9.59 Å². The predicted molar refractivity (Wildman–Crippen MR) is 127 cm³/mol. The molecule has 0 bridgehead atoms. The summed E-state index contributed by atoms with van der Waals surface area (Å²) in [6.07, 6.45) is 1.94. The van der Waals surface area contributed by atoms with Gasteiger partial charge in [-0.25, -0.2) is 0 Å². The van der Waals surface area contributed by atoms with Gasteiger partial charge in [0.15, 0.2) is 0 Å². The summed E-state index contributed by atoms with van der Waals surface area (Å²) in [6.45, 7) is 8.86. The fourth-order valence-electron chi connectivity index (χ4n) is 3.70. The summed E-state index contributed by atoms with van der Waals surface area (Å²) in [4.78, 5) is 29.8. The Kier molecular flexibility index (Phi) is 7.04. The van der Waals surface area contributed by atoms with Crippen LogP contribution < -0.4 is 10.2 Å². The third-order valence-corrected chi connectivity index (χ3v) is 6.10. The standard InChI is InChI=1S/C26H35N3O2/c1-17(2)19(4)29(26(31)21-9-7-8-18(3)14-21)16-22-15-23(12-13-24(22)28(5)6)27-25(30)20-10-11-20/h7-9,12-15,17,19-20H,10-11,16H2,1-6H3,(H,27,30)/t19-/m0/s1. The number of aryl methyl sites for hydroxylation is 1. The Labute approximate surface area is 186 Å². The van der Waals surface area contributed by atoms with Crippen LogP contribution in [-0.2, 0) is 11.3 Å². The van der Waals surface area contributed by atoms with Crippen molar-refractivity contribution in [1.82, 2.24) is 4.90 Å². The first-order chi connectivity index (χ1) is 14.7. The van der Waals surface area contributed by atoms with E-state index in [0.29, 0.717) is 18.0 Å². The summed E-state index contributed by atoms with van der Waals surface area (Å²) in [7, 11) is 4.00. The molecule has 0 saturated heterocycles. The van der Waals surface area contributed by atoms with Crippen molar-refractivity contribution in [2.24, 2.45) is 11.8 Å². The average Bonchev–Trinajstić information content (AvgIpc) is 3.56. The second-order valence-corrected chi connectivity index (χ2v) is 9.29. The van der Waals surface area contributed by atoms with Crippen LogP contribution in [0.2, 0.25) is 0 Å². The zero-order valence-electron chi connectivity index (χ0n) is 19.6. The van der Waals surface area contributed by atoms with E-state index in [-0.39, 0.29) is 23.8 Å². The van der Waals surface area contributed by atoms with E-state index in [0.717, 1.165) is 35.3 Å². The van der Waals surface area contributed by atoms with Crippen LogP contribution >= 0.6 is 0 Å². The topological polar surface area (TPSA) is 52.7 Å². The quantitative estimate of drug-likeness (QED) is 0.645. The lowest BCUT2D eigenvalue weighted by Crippen LogP contribution is -2.41. The highest BCUT2D eigenvalue weighted by atomic mass is 16.2. The van der Waals surface area contributed by atoms with E-state index in [4.69, 9.17) is 0 Å². The molecule has 5 nitrogen and oxygen atoms in total. The van der Waals surface area contributed by atoms with E-state index < -0.39 is 0 Å². The summed E-state index contributed by atoms with van der Waals surface area (Å²) < 4.78 is 0. The van der Waals surface area contributed by atoms with Crippen LogP contribution in [0.25, 0.3) is 0 Å². The zero-order chi connectivity index (χ0) is 22.7. The number of nitrogens with zero attached hydrogens (tertiary/aromatic N) is 2. The van der Waals surface area contributed by atoms with Gasteiger partial charge in [0.2, 0.25) is 5.91 Å². The molecule has 166 valence electrons. The normalized spacial score (nSPS) is 14.3. The second-order valence-electron chi connectivity index (χ2n) is 9.29. The predicted octanol–water partition coefficient (Wildman–Crippen LogP) is 5.10. The molecule has 0 heterocycles. The van der Waals surface area contributed by atoms with Gasteiger partial charge in [0.25, 0.3) is 5.91 Å². The van der Waals surface area contributed by atoms with Gasteiger partial charge in [0.1, 0.15) is 0 Å². The number of amides is 2. The van der Waals surface area contributed by atoms with Gasteiger partial charge in [-0.05, 0) is 68.5 Å². The monoisotopic (exact) mass is 421 g/mol. The molecule has 31 heavy (non-hydrogen) atoms. The van der Waals surface area contributed by atoms with Gasteiger partial charge in [-0.2, -0.15) is 0 Å². The Balaban J connectivity index is 1.94. The Bertz CT molecular complexity index is 947. The third kappa shape index (κ3) is 5.66. The highest BCUT2D eigenvalue weighted by Crippen LogP contribution is 2.32. The largest absolute Gasteiger partial charge is 0.377 e. The Hall–Kier alpha value is -2.82. The fraction of sp³-hybridized carbons (Fsp3) is 0.462. The number of benzene rings is 2.